The molecule has 0 amide bonds. The van der Waals surface area contributed by atoms with Gasteiger partial charge in [0.2, 0.25) is 0 Å². The number of carbonyl (C=O) groups is 1. The fraction of sp³-hybridized carbons (Fsp3) is 0.158. The molecule has 0 aliphatic heterocycles. The third-order valence-corrected chi connectivity index (χ3v) is 4.22. The molecule has 0 saturated carbocycles. The lowest BCUT2D eigenvalue weighted by atomic mass is 10.1. The predicted octanol–water partition coefficient (Wildman–Crippen LogP) is 4.29. The molecule has 1 heterocycles. The number of methoxy groups -OCH3 is 1. The van der Waals surface area contributed by atoms with Gasteiger partial charge in [-0.3, -0.25) is 4.79 Å². The first-order valence-electron chi connectivity index (χ1n) is 7.48. The Morgan fingerprint density at radius 2 is 1.96 bits per heavy atom. The monoisotopic (exact) mass is 385 g/mol. The highest BCUT2D eigenvalue weighted by molar-refractivity contribution is 9.10. The molecule has 0 aliphatic rings. The molecule has 0 aliphatic carbocycles. The van der Waals surface area contributed by atoms with E-state index in [-0.39, 0.29) is 12.4 Å². The standard InChI is InChI=1S/C19H16BrNO3/c1-23-19(22)11-13-6-9-18(16(20)10-13)24-12-15-8-7-14-4-2-3-5-17(14)21-15/h2-10H,11-12H2,1H3. The highest BCUT2D eigenvalue weighted by atomic mass is 79.9. The normalized spacial score (nSPS) is 10.6. The maximum atomic E-state index is 11.3. The molecule has 0 spiro atoms. The fourth-order valence-electron chi connectivity index (χ4n) is 2.35. The van der Waals surface area contributed by atoms with Gasteiger partial charge in [-0.2, -0.15) is 0 Å². The van der Waals surface area contributed by atoms with Gasteiger partial charge in [0.05, 0.1) is 29.2 Å². The minimum absolute atomic E-state index is 0.238. The largest absolute Gasteiger partial charge is 0.486 e. The summed E-state index contributed by atoms with van der Waals surface area (Å²) in [6.07, 6.45) is 0.238. The summed E-state index contributed by atoms with van der Waals surface area (Å²) >= 11 is 3.47. The SMILES string of the molecule is COC(=O)Cc1ccc(OCc2ccc3ccccc3n2)c(Br)c1. The number of carbonyl (C=O) groups excluding carboxylic acids is 1. The van der Waals surface area contributed by atoms with Crippen LogP contribution < -0.4 is 4.74 Å². The average Bonchev–Trinajstić information content (AvgIpc) is 2.60. The Morgan fingerprint density at radius 1 is 1.12 bits per heavy atom. The van der Waals surface area contributed by atoms with E-state index in [0.717, 1.165) is 26.6 Å². The van der Waals surface area contributed by atoms with Crippen molar-refractivity contribution in [1.29, 1.82) is 0 Å². The van der Waals surface area contributed by atoms with E-state index in [1.807, 2.05) is 54.6 Å². The lowest BCUT2D eigenvalue weighted by Gasteiger charge is -2.10. The molecule has 1 aromatic heterocycles. The maximum absolute atomic E-state index is 11.3. The van der Waals surface area contributed by atoms with Crippen molar-refractivity contribution in [3.05, 3.63) is 70.3 Å². The van der Waals surface area contributed by atoms with E-state index in [0.29, 0.717) is 12.4 Å². The summed E-state index contributed by atoms with van der Waals surface area (Å²) in [5.41, 5.74) is 2.68. The quantitative estimate of drug-likeness (QED) is 0.614. The highest BCUT2D eigenvalue weighted by Crippen LogP contribution is 2.27. The van der Waals surface area contributed by atoms with E-state index in [1.165, 1.54) is 7.11 Å². The van der Waals surface area contributed by atoms with Crippen LogP contribution in [0.15, 0.2) is 59.1 Å². The van der Waals surface area contributed by atoms with E-state index in [4.69, 9.17) is 4.74 Å². The van der Waals surface area contributed by atoms with Crippen LogP contribution >= 0.6 is 15.9 Å². The first-order valence-corrected chi connectivity index (χ1v) is 8.28. The van der Waals surface area contributed by atoms with Crippen LogP contribution in [0.5, 0.6) is 5.75 Å². The summed E-state index contributed by atoms with van der Waals surface area (Å²) in [4.78, 5) is 15.9. The van der Waals surface area contributed by atoms with E-state index in [9.17, 15) is 4.79 Å². The van der Waals surface area contributed by atoms with Crippen LogP contribution in [0.3, 0.4) is 0 Å². The minimum atomic E-state index is -0.268. The maximum Gasteiger partial charge on any atom is 0.309 e. The second-order valence-corrected chi connectivity index (χ2v) is 6.16. The Balaban J connectivity index is 1.70. The van der Waals surface area contributed by atoms with Crippen molar-refractivity contribution in [3.63, 3.8) is 0 Å². The van der Waals surface area contributed by atoms with Crippen molar-refractivity contribution < 1.29 is 14.3 Å². The van der Waals surface area contributed by atoms with Crippen LogP contribution in [0.25, 0.3) is 10.9 Å². The molecule has 2 aromatic carbocycles. The molecule has 0 saturated heterocycles. The third-order valence-electron chi connectivity index (χ3n) is 3.60. The van der Waals surface area contributed by atoms with E-state index in [2.05, 4.69) is 25.7 Å². The molecule has 0 fully saturated rings. The molecule has 0 atom stereocenters. The fourth-order valence-corrected chi connectivity index (χ4v) is 2.89. The molecule has 0 N–H and O–H groups in total. The molecule has 4 nitrogen and oxygen atoms in total. The Bertz CT molecular complexity index is 879. The number of aromatic nitrogens is 1. The summed E-state index contributed by atoms with van der Waals surface area (Å²) in [6.45, 7) is 0.375. The molecule has 0 radical (unpaired) electrons. The van der Waals surface area contributed by atoms with Crippen molar-refractivity contribution in [2.75, 3.05) is 7.11 Å². The zero-order valence-electron chi connectivity index (χ0n) is 13.2. The van der Waals surface area contributed by atoms with Crippen LogP contribution in [0, 0.1) is 0 Å². The number of hydrogen-bond acceptors (Lipinski definition) is 4. The van der Waals surface area contributed by atoms with Crippen molar-refractivity contribution in [1.82, 2.24) is 4.98 Å². The van der Waals surface area contributed by atoms with Crippen molar-refractivity contribution in [2.24, 2.45) is 0 Å². The zero-order chi connectivity index (χ0) is 16.9. The average molecular weight is 386 g/mol. The van der Waals surface area contributed by atoms with Crippen molar-refractivity contribution in [2.45, 2.75) is 13.0 Å². The minimum Gasteiger partial charge on any atom is -0.486 e. The second-order valence-electron chi connectivity index (χ2n) is 5.30. The Kier molecular flexibility index (Phi) is 5.11. The Hall–Kier alpha value is -2.40. The highest BCUT2D eigenvalue weighted by Gasteiger charge is 2.08. The van der Waals surface area contributed by atoms with E-state index in [1.54, 1.807) is 0 Å². The number of hydrogen-bond donors (Lipinski definition) is 0. The molecule has 0 unspecified atom stereocenters. The van der Waals surface area contributed by atoms with E-state index < -0.39 is 0 Å². The number of pyridine rings is 1. The number of esters is 1. The van der Waals surface area contributed by atoms with Crippen LogP contribution in [-0.4, -0.2) is 18.1 Å². The summed E-state index contributed by atoms with van der Waals surface area (Å²) in [6, 6.07) is 17.5. The number of nitrogens with zero attached hydrogens (tertiary/aromatic N) is 1. The smallest absolute Gasteiger partial charge is 0.309 e. The topological polar surface area (TPSA) is 48.4 Å². The molecule has 0 bridgehead atoms. The van der Waals surface area contributed by atoms with Crippen LogP contribution in [-0.2, 0) is 22.6 Å². The van der Waals surface area contributed by atoms with Gasteiger partial charge >= 0.3 is 5.97 Å². The molecular weight excluding hydrogens is 370 g/mol. The number of benzene rings is 2. The van der Waals surface area contributed by atoms with Gasteiger partial charge in [-0.05, 0) is 45.8 Å². The molecule has 122 valence electrons. The van der Waals surface area contributed by atoms with Gasteiger partial charge in [0, 0.05) is 5.39 Å². The summed E-state index contributed by atoms with van der Waals surface area (Å²) in [5.74, 6) is 0.439. The molecule has 24 heavy (non-hydrogen) atoms. The van der Waals surface area contributed by atoms with Gasteiger partial charge in [0.25, 0.3) is 0 Å². The van der Waals surface area contributed by atoms with Gasteiger partial charge in [0.15, 0.2) is 0 Å². The molecule has 3 aromatic rings. The van der Waals surface area contributed by atoms with Crippen LogP contribution in [0.1, 0.15) is 11.3 Å². The van der Waals surface area contributed by atoms with Gasteiger partial charge in [-0.1, -0.05) is 30.3 Å². The Morgan fingerprint density at radius 3 is 2.75 bits per heavy atom. The molecule has 5 heteroatoms. The second kappa shape index (κ2) is 7.45. The first kappa shape index (κ1) is 16.5. The lowest BCUT2D eigenvalue weighted by molar-refractivity contribution is -0.139. The van der Waals surface area contributed by atoms with Gasteiger partial charge in [-0.25, -0.2) is 4.98 Å². The molecular formula is C19H16BrNO3. The van der Waals surface area contributed by atoms with Crippen molar-refractivity contribution in [3.8, 4) is 5.75 Å². The number of fused-ring (bicyclic) bond motifs is 1. The Labute approximate surface area is 148 Å². The number of para-hydroxylation sites is 1. The summed E-state index contributed by atoms with van der Waals surface area (Å²) in [5, 5.41) is 1.11. The predicted molar refractivity (Wildman–Crippen MR) is 95.9 cm³/mol. The third kappa shape index (κ3) is 3.92. The van der Waals surface area contributed by atoms with E-state index >= 15 is 0 Å². The summed E-state index contributed by atoms with van der Waals surface area (Å²) in [7, 11) is 1.38. The lowest BCUT2D eigenvalue weighted by Crippen LogP contribution is -2.04. The number of rotatable bonds is 5. The van der Waals surface area contributed by atoms with Crippen molar-refractivity contribution >= 4 is 32.8 Å². The number of ether oxygens (including phenoxy) is 2. The molecule has 3 rings (SSSR count). The van der Waals surface area contributed by atoms with Crippen LogP contribution in [0.4, 0.5) is 0 Å². The van der Waals surface area contributed by atoms with Crippen LogP contribution in [0.2, 0.25) is 0 Å². The summed E-state index contributed by atoms with van der Waals surface area (Å²) < 4.78 is 11.3. The van der Waals surface area contributed by atoms with Gasteiger partial charge in [0.1, 0.15) is 12.4 Å². The number of halogens is 1. The van der Waals surface area contributed by atoms with Gasteiger partial charge in [-0.15, -0.1) is 0 Å². The first-order chi connectivity index (χ1) is 11.7. The zero-order valence-corrected chi connectivity index (χ0v) is 14.7. The van der Waals surface area contributed by atoms with Gasteiger partial charge < -0.3 is 9.47 Å².